The molecule has 0 spiro atoms. The lowest BCUT2D eigenvalue weighted by Gasteiger charge is -2.27. The maximum atomic E-state index is 14.0. The number of pyridine rings is 1. The predicted octanol–water partition coefficient (Wildman–Crippen LogP) is 4.14. The number of halogens is 6. The van der Waals surface area contributed by atoms with Gasteiger partial charge < -0.3 is 25.4 Å². The van der Waals surface area contributed by atoms with Crippen molar-refractivity contribution in [2.75, 3.05) is 16.8 Å². The van der Waals surface area contributed by atoms with Crippen molar-refractivity contribution in [3.05, 3.63) is 69.5 Å². The molecule has 38 heavy (non-hydrogen) atoms. The number of benzene rings is 2. The van der Waals surface area contributed by atoms with Crippen LogP contribution in [0.5, 0.6) is 0 Å². The highest BCUT2D eigenvalue weighted by Crippen LogP contribution is 2.46. The van der Waals surface area contributed by atoms with Gasteiger partial charge in [-0.3, -0.25) is 9.59 Å². The van der Waals surface area contributed by atoms with Crippen molar-refractivity contribution >= 4 is 28.2 Å². The zero-order valence-electron chi connectivity index (χ0n) is 19.4. The van der Waals surface area contributed by atoms with E-state index in [0.29, 0.717) is 18.9 Å². The first-order chi connectivity index (χ1) is 17.8. The van der Waals surface area contributed by atoms with Crippen molar-refractivity contribution in [1.82, 2.24) is 4.98 Å². The molecule has 2 saturated heterocycles. The molecule has 3 heterocycles. The molecular formula is C25H21F6N3O4. The van der Waals surface area contributed by atoms with Crippen LogP contribution in [-0.4, -0.2) is 45.9 Å². The van der Waals surface area contributed by atoms with Gasteiger partial charge in [0.1, 0.15) is 5.56 Å². The van der Waals surface area contributed by atoms with Crippen molar-refractivity contribution in [3.63, 3.8) is 0 Å². The van der Waals surface area contributed by atoms with Gasteiger partial charge in [-0.05, 0) is 43.2 Å². The molecule has 13 heteroatoms. The molecule has 2 fully saturated rings. The maximum Gasteiger partial charge on any atom is 0.418 e. The molecule has 202 valence electrons. The Kier molecular flexibility index (Phi) is 6.18. The number of nitrogens with zero attached hydrogens (tertiary/aromatic N) is 1. The number of carbonyl (C=O) groups excluding carboxylic acids is 1. The summed E-state index contributed by atoms with van der Waals surface area (Å²) < 4.78 is 82.4. The third-order valence-electron chi connectivity index (χ3n) is 7.28. The number of amides is 1. The summed E-state index contributed by atoms with van der Waals surface area (Å²) in [5.74, 6) is -1.53. The second-order valence-corrected chi connectivity index (χ2v) is 9.46. The number of hydrogen-bond acceptors (Lipinski definition) is 5. The third kappa shape index (κ3) is 4.29. The maximum absolute atomic E-state index is 14.0. The minimum atomic E-state index is -4.94. The SMILES string of the molecule is O=C(Nc1ccc(N2C3C[C@H](O)C2C[C@@H]3CO)cc1C(F)(F)F)c1c[nH]c2cccc(C(F)(F)F)c2c1=O. The number of rotatable bonds is 4. The Morgan fingerprint density at radius 2 is 1.74 bits per heavy atom. The molecule has 1 aromatic heterocycles. The van der Waals surface area contributed by atoms with Gasteiger partial charge in [0.25, 0.3) is 5.91 Å². The predicted molar refractivity (Wildman–Crippen MR) is 125 cm³/mol. The van der Waals surface area contributed by atoms with Gasteiger partial charge in [0.2, 0.25) is 5.43 Å². The lowest BCUT2D eigenvalue weighted by atomic mass is 9.88. The number of aromatic amines is 1. The Bertz CT molecular complexity index is 1470. The normalized spacial score (nSPS) is 23.3. The van der Waals surface area contributed by atoms with Crippen LogP contribution >= 0.6 is 0 Å². The van der Waals surface area contributed by atoms with Crippen LogP contribution in [0, 0.1) is 5.92 Å². The number of aliphatic hydroxyl groups is 2. The summed E-state index contributed by atoms with van der Waals surface area (Å²) in [6, 6.07) is 5.23. The van der Waals surface area contributed by atoms with Gasteiger partial charge in [0.05, 0.1) is 34.3 Å². The molecule has 3 aromatic rings. The first-order valence-corrected chi connectivity index (χ1v) is 11.6. The van der Waals surface area contributed by atoms with E-state index in [-0.39, 0.29) is 29.8 Å². The molecule has 1 amide bonds. The molecule has 0 aliphatic carbocycles. The van der Waals surface area contributed by atoms with Gasteiger partial charge >= 0.3 is 12.4 Å². The van der Waals surface area contributed by atoms with Crippen molar-refractivity contribution in [3.8, 4) is 0 Å². The summed E-state index contributed by atoms with van der Waals surface area (Å²) in [5, 5.41) is 21.1. The van der Waals surface area contributed by atoms with E-state index in [1.54, 1.807) is 4.90 Å². The van der Waals surface area contributed by atoms with Crippen molar-refractivity contribution in [2.24, 2.45) is 5.92 Å². The number of H-pyrrole nitrogens is 1. The Morgan fingerprint density at radius 3 is 2.39 bits per heavy atom. The molecular weight excluding hydrogens is 520 g/mol. The van der Waals surface area contributed by atoms with E-state index >= 15 is 0 Å². The molecule has 0 saturated carbocycles. The minimum Gasteiger partial charge on any atom is -0.396 e. The standard InChI is InChI=1S/C25H21F6N3O4/c26-24(27,28)14-2-1-3-17-21(14)22(37)13(9-32-17)23(38)33-16-5-4-12(7-15(16)25(29,30)31)34-18-8-20(36)19(34)6-11(18)10-35/h1-5,7,9,11,18-20,35-36H,6,8,10H2,(H,32,37)(H,33,38)/t11-,18?,19?,20+/m1/s1. The Hall–Kier alpha value is -3.58. The topological polar surface area (TPSA) is 106 Å². The van der Waals surface area contributed by atoms with Gasteiger partial charge in [0, 0.05) is 36.0 Å². The minimum absolute atomic E-state index is 0.135. The lowest BCUT2D eigenvalue weighted by Crippen LogP contribution is -2.32. The van der Waals surface area contributed by atoms with E-state index in [1.807, 2.05) is 5.32 Å². The summed E-state index contributed by atoms with van der Waals surface area (Å²) in [7, 11) is 0. The van der Waals surface area contributed by atoms with Crippen LogP contribution in [0.4, 0.5) is 37.7 Å². The van der Waals surface area contributed by atoms with Crippen LogP contribution in [0.25, 0.3) is 10.9 Å². The van der Waals surface area contributed by atoms with Crippen LogP contribution in [0.3, 0.4) is 0 Å². The molecule has 7 nitrogen and oxygen atoms in total. The molecule has 5 rings (SSSR count). The highest BCUT2D eigenvalue weighted by atomic mass is 19.4. The molecule has 4 N–H and O–H groups in total. The molecule has 0 radical (unpaired) electrons. The van der Waals surface area contributed by atoms with Crippen LogP contribution in [0.2, 0.25) is 0 Å². The fourth-order valence-electron chi connectivity index (χ4n) is 5.58. The Morgan fingerprint density at radius 1 is 1.03 bits per heavy atom. The smallest absolute Gasteiger partial charge is 0.396 e. The number of fused-ring (bicyclic) bond motifs is 3. The first-order valence-electron chi connectivity index (χ1n) is 11.6. The van der Waals surface area contributed by atoms with Crippen LogP contribution in [0.1, 0.15) is 34.3 Å². The largest absolute Gasteiger partial charge is 0.418 e. The molecule has 2 aliphatic rings. The molecule has 4 atom stereocenters. The fraction of sp³-hybridized carbons (Fsp3) is 0.360. The van der Waals surface area contributed by atoms with E-state index in [9.17, 15) is 46.1 Å². The van der Waals surface area contributed by atoms with E-state index in [1.165, 1.54) is 12.1 Å². The zero-order valence-corrected chi connectivity index (χ0v) is 19.4. The van der Waals surface area contributed by atoms with Crippen molar-refractivity contribution in [2.45, 2.75) is 43.4 Å². The molecule has 2 bridgehead atoms. The zero-order chi connectivity index (χ0) is 27.6. The Balaban J connectivity index is 1.52. The quantitative estimate of drug-likeness (QED) is 0.372. The highest BCUT2D eigenvalue weighted by Gasteiger charge is 2.51. The Labute approximate surface area is 210 Å². The van der Waals surface area contributed by atoms with Crippen LogP contribution in [0.15, 0.2) is 47.4 Å². The van der Waals surface area contributed by atoms with Gasteiger partial charge in [-0.2, -0.15) is 26.3 Å². The number of aliphatic hydroxyl groups excluding tert-OH is 2. The molecule has 2 aliphatic heterocycles. The number of carbonyl (C=O) groups is 1. The van der Waals surface area contributed by atoms with Crippen LogP contribution in [-0.2, 0) is 12.4 Å². The van der Waals surface area contributed by atoms with Gasteiger partial charge in [-0.1, -0.05) is 6.07 Å². The number of anilines is 2. The molecule has 2 unspecified atom stereocenters. The summed E-state index contributed by atoms with van der Waals surface area (Å²) in [5.41, 5.74) is -5.35. The average Bonchev–Trinajstić information content (AvgIpc) is 3.36. The summed E-state index contributed by atoms with van der Waals surface area (Å²) in [6.45, 7) is -0.180. The summed E-state index contributed by atoms with van der Waals surface area (Å²) >= 11 is 0. The van der Waals surface area contributed by atoms with Crippen LogP contribution < -0.4 is 15.6 Å². The van der Waals surface area contributed by atoms with Gasteiger partial charge in [-0.25, -0.2) is 0 Å². The lowest BCUT2D eigenvalue weighted by molar-refractivity contribution is -0.137. The summed E-state index contributed by atoms with van der Waals surface area (Å²) in [4.78, 5) is 29.8. The van der Waals surface area contributed by atoms with E-state index in [0.717, 1.165) is 24.4 Å². The second kappa shape index (κ2) is 9.02. The van der Waals surface area contributed by atoms with Gasteiger partial charge in [0.15, 0.2) is 0 Å². The van der Waals surface area contributed by atoms with Crippen molar-refractivity contribution in [1.29, 1.82) is 0 Å². The number of hydrogen-bond donors (Lipinski definition) is 4. The third-order valence-corrected chi connectivity index (χ3v) is 7.28. The van der Waals surface area contributed by atoms with E-state index in [2.05, 4.69) is 4.98 Å². The fourth-order valence-corrected chi connectivity index (χ4v) is 5.58. The van der Waals surface area contributed by atoms with Crippen molar-refractivity contribution < 1.29 is 41.4 Å². The average molecular weight is 541 g/mol. The monoisotopic (exact) mass is 541 g/mol. The molecule has 2 aromatic carbocycles. The highest BCUT2D eigenvalue weighted by molar-refractivity contribution is 6.06. The first kappa shape index (κ1) is 26.0. The number of aromatic nitrogens is 1. The van der Waals surface area contributed by atoms with E-state index < -0.39 is 63.6 Å². The summed E-state index contributed by atoms with van der Waals surface area (Å²) in [6.07, 6.45) is -9.06. The van der Waals surface area contributed by atoms with Gasteiger partial charge in [-0.15, -0.1) is 0 Å². The number of alkyl halides is 6. The number of nitrogens with one attached hydrogen (secondary N) is 2. The van der Waals surface area contributed by atoms with E-state index in [4.69, 9.17) is 0 Å². The second-order valence-electron chi connectivity index (χ2n) is 9.46.